The third kappa shape index (κ3) is 2.91. The minimum Gasteiger partial charge on any atom is -0.268 e. The van der Waals surface area contributed by atoms with Crippen LogP contribution in [0.25, 0.3) is 70.3 Å². The summed E-state index contributed by atoms with van der Waals surface area (Å²) in [6, 6.07) is 17.5. The lowest BCUT2D eigenvalue weighted by atomic mass is 9.80. The van der Waals surface area contributed by atoms with E-state index in [9.17, 15) is 9.59 Å². The van der Waals surface area contributed by atoms with E-state index in [2.05, 4.69) is 90.9 Å². The Labute approximate surface area is 244 Å². The normalized spacial score (nSPS) is 13.5. The molecule has 1 aromatic heterocycles. The molecule has 208 valence electrons. The summed E-state index contributed by atoms with van der Waals surface area (Å²) in [7, 11) is 0. The summed E-state index contributed by atoms with van der Waals surface area (Å²) in [6.07, 6.45) is 0. The summed E-state index contributed by atoms with van der Waals surface area (Å²) < 4.78 is 1.45. The van der Waals surface area contributed by atoms with Crippen molar-refractivity contribution in [2.75, 3.05) is 0 Å². The van der Waals surface area contributed by atoms with Gasteiger partial charge in [-0.1, -0.05) is 71.9 Å². The van der Waals surface area contributed by atoms with E-state index >= 15 is 0 Å². The van der Waals surface area contributed by atoms with Crippen LogP contribution in [0, 0.1) is 20.8 Å². The van der Waals surface area contributed by atoms with Gasteiger partial charge in [0, 0.05) is 0 Å². The molecule has 0 aliphatic heterocycles. The number of aromatic nitrogens is 1. The van der Waals surface area contributed by atoms with E-state index in [0.717, 1.165) is 38.2 Å². The Bertz CT molecular complexity index is 2390. The van der Waals surface area contributed by atoms with Crippen molar-refractivity contribution in [1.29, 1.82) is 0 Å². The zero-order valence-corrected chi connectivity index (χ0v) is 25.9. The molecule has 0 unspecified atom stereocenters. The molecule has 3 heteroatoms. The molecule has 8 aromatic rings. The van der Waals surface area contributed by atoms with Crippen LogP contribution in [0.5, 0.6) is 0 Å². The number of fused-ring (bicyclic) bond motifs is 3. The van der Waals surface area contributed by atoms with Gasteiger partial charge in [0.25, 0.3) is 11.1 Å². The first-order chi connectivity index (χ1) is 19.7. The molecule has 0 saturated heterocycles. The first-order valence-electron chi connectivity index (χ1n) is 15.0. The van der Waals surface area contributed by atoms with Gasteiger partial charge in [-0.2, -0.15) is 0 Å². The largest absolute Gasteiger partial charge is 0.268 e. The van der Waals surface area contributed by atoms with E-state index in [-0.39, 0.29) is 21.9 Å². The van der Waals surface area contributed by atoms with Crippen LogP contribution in [0.2, 0.25) is 0 Å². The Morgan fingerprint density at radius 1 is 0.476 bits per heavy atom. The minimum absolute atomic E-state index is 0.154. The van der Waals surface area contributed by atoms with Crippen LogP contribution in [-0.4, -0.2) is 4.57 Å². The fourth-order valence-electron chi connectivity index (χ4n) is 7.83. The maximum absolute atomic E-state index is 14.6. The number of hydrogen-bond donors (Lipinski definition) is 0. The molecule has 42 heavy (non-hydrogen) atoms. The summed E-state index contributed by atoms with van der Waals surface area (Å²) in [6.45, 7) is 19.5. The van der Waals surface area contributed by atoms with Crippen LogP contribution in [0.3, 0.4) is 0 Å². The standard InChI is InChI=1S/C39H35NO2/c1-18-14-20(3)28(15-19(18)2)40-36(41)34-24-16-26(38(4,5)6)22-12-10-21-11-13-23-27(39(7,8)9)17-25(35(34)37(40)42)33-31(23)29(21)30(22)32(24)33/h10-17H,1-9H3. The maximum atomic E-state index is 14.6. The quantitative estimate of drug-likeness (QED) is 0.191. The molecule has 0 fully saturated rings. The molecule has 3 nitrogen and oxygen atoms in total. The fraction of sp³-hybridized carbons (Fsp3) is 0.282. The van der Waals surface area contributed by atoms with Crippen molar-refractivity contribution in [3.8, 4) is 5.69 Å². The lowest BCUT2D eigenvalue weighted by Gasteiger charge is -2.23. The molecule has 8 rings (SSSR count). The average Bonchev–Trinajstić information content (AvgIpc) is 3.40. The van der Waals surface area contributed by atoms with Crippen molar-refractivity contribution >= 4 is 64.6 Å². The molecule has 0 aliphatic carbocycles. The lowest BCUT2D eigenvalue weighted by molar-refractivity contribution is 0.596. The Morgan fingerprint density at radius 2 is 0.905 bits per heavy atom. The predicted molar refractivity (Wildman–Crippen MR) is 180 cm³/mol. The van der Waals surface area contributed by atoms with Gasteiger partial charge < -0.3 is 0 Å². The monoisotopic (exact) mass is 549 g/mol. The molecule has 0 aliphatic rings. The Kier molecular flexibility index (Phi) is 4.60. The van der Waals surface area contributed by atoms with Gasteiger partial charge in [0.15, 0.2) is 0 Å². The zero-order valence-electron chi connectivity index (χ0n) is 25.9. The highest BCUT2D eigenvalue weighted by molar-refractivity contribution is 6.48. The number of aryl methyl sites for hydroxylation is 3. The molecule has 1 heterocycles. The molecule has 0 radical (unpaired) electrons. The number of rotatable bonds is 1. The molecular weight excluding hydrogens is 514 g/mol. The summed E-state index contributed by atoms with van der Waals surface area (Å²) in [4.78, 5) is 29.3. The fourth-order valence-corrected chi connectivity index (χ4v) is 7.83. The maximum Gasteiger partial charge on any atom is 0.266 e. The zero-order chi connectivity index (χ0) is 29.8. The Morgan fingerprint density at radius 3 is 1.36 bits per heavy atom. The highest BCUT2D eigenvalue weighted by Crippen LogP contribution is 2.53. The molecule has 0 atom stereocenters. The van der Waals surface area contributed by atoms with Gasteiger partial charge in [0.2, 0.25) is 0 Å². The van der Waals surface area contributed by atoms with Crippen LogP contribution >= 0.6 is 0 Å². The van der Waals surface area contributed by atoms with Gasteiger partial charge in [-0.15, -0.1) is 0 Å². The van der Waals surface area contributed by atoms with E-state index < -0.39 is 0 Å². The van der Waals surface area contributed by atoms with Crippen molar-refractivity contribution in [2.24, 2.45) is 0 Å². The van der Waals surface area contributed by atoms with E-state index in [4.69, 9.17) is 0 Å². The first-order valence-corrected chi connectivity index (χ1v) is 15.0. The third-order valence-electron chi connectivity index (χ3n) is 9.92. The summed E-state index contributed by atoms with van der Waals surface area (Å²) in [5.41, 5.74) is 5.49. The van der Waals surface area contributed by atoms with E-state index in [1.807, 2.05) is 19.9 Å². The molecule has 0 amide bonds. The van der Waals surface area contributed by atoms with Crippen molar-refractivity contribution in [3.63, 3.8) is 0 Å². The summed E-state index contributed by atoms with van der Waals surface area (Å²) >= 11 is 0. The van der Waals surface area contributed by atoms with Crippen LogP contribution in [0.4, 0.5) is 0 Å². The van der Waals surface area contributed by atoms with Gasteiger partial charge in [-0.3, -0.25) is 9.59 Å². The predicted octanol–water partition coefficient (Wildman–Crippen LogP) is 9.39. The highest BCUT2D eigenvalue weighted by Gasteiger charge is 2.32. The number of benzene rings is 6. The number of nitrogens with zero attached hydrogens (tertiary/aromatic N) is 1. The molecule has 7 aromatic carbocycles. The van der Waals surface area contributed by atoms with Crippen molar-refractivity contribution < 1.29 is 0 Å². The van der Waals surface area contributed by atoms with Crippen LogP contribution in [0.15, 0.2) is 58.1 Å². The molecule has 0 spiro atoms. The molecule has 0 bridgehead atoms. The Hall–Kier alpha value is -4.24. The van der Waals surface area contributed by atoms with Crippen LogP contribution < -0.4 is 11.1 Å². The summed E-state index contributed by atoms with van der Waals surface area (Å²) in [5.74, 6) is 0. The molecule has 0 saturated carbocycles. The van der Waals surface area contributed by atoms with Gasteiger partial charge in [0.05, 0.1) is 16.5 Å². The minimum atomic E-state index is -0.219. The lowest BCUT2D eigenvalue weighted by Crippen LogP contribution is -2.24. The second-order valence-electron chi connectivity index (χ2n) is 14.7. The van der Waals surface area contributed by atoms with E-state index in [0.29, 0.717) is 16.5 Å². The number of hydrogen-bond acceptors (Lipinski definition) is 2. The highest BCUT2D eigenvalue weighted by atomic mass is 16.2. The van der Waals surface area contributed by atoms with Gasteiger partial charge in [-0.25, -0.2) is 4.57 Å². The molecule has 0 N–H and O–H groups in total. The van der Waals surface area contributed by atoms with Gasteiger partial charge in [0.1, 0.15) is 0 Å². The second kappa shape index (κ2) is 7.58. The van der Waals surface area contributed by atoms with Crippen LogP contribution in [-0.2, 0) is 10.8 Å². The van der Waals surface area contributed by atoms with Gasteiger partial charge >= 0.3 is 0 Å². The van der Waals surface area contributed by atoms with Crippen molar-refractivity contribution in [1.82, 2.24) is 4.57 Å². The van der Waals surface area contributed by atoms with E-state index in [1.165, 1.54) is 48.0 Å². The first kappa shape index (κ1) is 25.5. The third-order valence-corrected chi connectivity index (χ3v) is 9.92. The molecular formula is C39H35NO2. The van der Waals surface area contributed by atoms with Crippen molar-refractivity contribution in [2.45, 2.75) is 73.1 Å². The van der Waals surface area contributed by atoms with Crippen LogP contribution in [0.1, 0.15) is 69.4 Å². The Balaban J connectivity index is 1.75. The topological polar surface area (TPSA) is 39.1 Å². The second-order valence-corrected chi connectivity index (χ2v) is 14.7. The smallest absolute Gasteiger partial charge is 0.266 e. The SMILES string of the molecule is Cc1cc(C)c(-n2c(=O)c3c4cc(C(C)(C)C)c5ccc6ccc7c(C(C)(C)C)cc(c3c2=O)c2c7c6c5c42)cc1C. The average molecular weight is 550 g/mol. The van der Waals surface area contributed by atoms with Crippen molar-refractivity contribution in [3.05, 3.63) is 97.1 Å². The van der Waals surface area contributed by atoms with Gasteiger partial charge in [-0.05, 0) is 131 Å². The summed E-state index contributed by atoms with van der Waals surface area (Å²) in [5, 5.41) is 12.6. The van der Waals surface area contributed by atoms with E-state index in [1.54, 1.807) is 0 Å².